The normalized spacial score (nSPS) is 19.8. The number of oxazole rings is 1. The van der Waals surface area contributed by atoms with Gasteiger partial charge in [-0.05, 0) is 49.9 Å². The first-order valence-electron chi connectivity index (χ1n) is 11.8. The molecular formula is C25H33FN4O3. The van der Waals surface area contributed by atoms with Gasteiger partial charge in [0, 0.05) is 50.7 Å². The summed E-state index contributed by atoms with van der Waals surface area (Å²) in [5, 5.41) is 2.82. The Hall–Kier alpha value is -2.74. The molecule has 1 aromatic heterocycles. The van der Waals surface area contributed by atoms with Crippen LogP contribution in [0.4, 0.5) is 10.1 Å². The lowest BCUT2D eigenvalue weighted by atomic mass is 10.0. The summed E-state index contributed by atoms with van der Waals surface area (Å²) in [4.78, 5) is 33.7. The molecular weight excluding hydrogens is 423 g/mol. The Balaban J connectivity index is 1.38. The van der Waals surface area contributed by atoms with Gasteiger partial charge < -0.3 is 14.6 Å². The molecule has 1 aliphatic carbocycles. The molecule has 33 heavy (non-hydrogen) atoms. The number of anilines is 1. The van der Waals surface area contributed by atoms with Gasteiger partial charge in [-0.25, -0.2) is 9.37 Å². The molecule has 4 rings (SSSR count). The minimum Gasteiger partial charge on any atom is -0.449 e. The van der Waals surface area contributed by atoms with Gasteiger partial charge in [0.25, 0.3) is 0 Å². The smallest absolute Gasteiger partial charge is 0.230 e. The number of carbonyl (C=O) groups is 2. The number of piperazine rings is 1. The first-order chi connectivity index (χ1) is 15.8. The molecule has 2 heterocycles. The Bertz CT molecular complexity index is 1020. The number of halogens is 1. The van der Waals surface area contributed by atoms with Crippen LogP contribution in [0.2, 0.25) is 0 Å². The van der Waals surface area contributed by atoms with Crippen molar-refractivity contribution in [2.75, 3.05) is 25.0 Å². The summed E-state index contributed by atoms with van der Waals surface area (Å²) in [7, 11) is 0. The number of benzene rings is 1. The zero-order valence-electron chi connectivity index (χ0n) is 19.7. The van der Waals surface area contributed by atoms with Crippen LogP contribution in [0.1, 0.15) is 55.3 Å². The summed E-state index contributed by atoms with van der Waals surface area (Å²) < 4.78 is 19.6. The predicted molar refractivity (Wildman–Crippen MR) is 123 cm³/mol. The molecule has 1 N–H and O–H groups in total. The minimum absolute atomic E-state index is 0.0666. The zero-order chi connectivity index (χ0) is 23.5. The Morgan fingerprint density at radius 2 is 1.97 bits per heavy atom. The van der Waals surface area contributed by atoms with E-state index in [0.29, 0.717) is 36.3 Å². The van der Waals surface area contributed by atoms with E-state index >= 15 is 0 Å². The number of hydrogen-bond donors (Lipinski definition) is 1. The van der Waals surface area contributed by atoms with Gasteiger partial charge >= 0.3 is 0 Å². The summed E-state index contributed by atoms with van der Waals surface area (Å²) >= 11 is 0. The lowest BCUT2D eigenvalue weighted by Crippen LogP contribution is -2.54. The monoisotopic (exact) mass is 456 g/mol. The standard InChI is InChI=1S/C25H33FN4O3/c1-16-13-29(8-9-30(16)25(32)19-6-4-5-7-19)14-20-10-21(26)11-23(17(20)2)28-24(31)12-22-15-33-18(3)27-22/h10-11,15-16,19H,4-9,12-14H2,1-3H3,(H,28,31)/t16-/m0/s1. The van der Waals surface area contributed by atoms with Crippen LogP contribution < -0.4 is 5.32 Å². The maximum Gasteiger partial charge on any atom is 0.230 e. The Kier molecular flexibility index (Phi) is 7.12. The third kappa shape index (κ3) is 5.61. The van der Waals surface area contributed by atoms with Crippen molar-refractivity contribution in [1.82, 2.24) is 14.8 Å². The molecule has 1 aromatic carbocycles. The van der Waals surface area contributed by atoms with E-state index in [0.717, 1.165) is 49.9 Å². The van der Waals surface area contributed by atoms with Crippen LogP contribution in [0.15, 0.2) is 22.8 Å². The van der Waals surface area contributed by atoms with E-state index in [1.54, 1.807) is 6.92 Å². The lowest BCUT2D eigenvalue weighted by molar-refractivity contribution is -0.140. The molecule has 8 heteroatoms. The number of hydrogen-bond acceptors (Lipinski definition) is 5. The second kappa shape index (κ2) is 10.0. The number of nitrogens with one attached hydrogen (secondary N) is 1. The van der Waals surface area contributed by atoms with Crippen molar-refractivity contribution in [2.45, 2.75) is 65.5 Å². The molecule has 0 spiro atoms. The van der Waals surface area contributed by atoms with Gasteiger partial charge in [-0.2, -0.15) is 0 Å². The fourth-order valence-corrected chi connectivity index (χ4v) is 5.03. The van der Waals surface area contributed by atoms with Crippen LogP contribution in [-0.2, 0) is 22.6 Å². The van der Waals surface area contributed by atoms with Crippen molar-refractivity contribution in [3.8, 4) is 0 Å². The summed E-state index contributed by atoms with van der Waals surface area (Å²) in [6, 6.07) is 3.02. The van der Waals surface area contributed by atoms with E-state index < -0.39 is 0 Å². The quantitative estimate of drug-likeness (QED) is 0.715. The Morgan fingerprint density at radius 3 is 2.64 bits per heavy atom. The highest BCUT2D eigenvalue weighted by Crippen LogP contribution is 2.29. The molecule has 0 radical (unpaired) electrons. The molecule has 2 fully saturated rings. The fourth-order valence-electron chi connectivity index (χ4n) is 5.03. The Labute approximate surface area is 194 Å². The second-order valence-electron chi connectivity index (χ2n) is 9.42. The molecule has 0 unspecified atom stereocenters. The molecule has 2 amide bonds. The molecule has 2 aromatic rings. The first-order valence-corrected chi connectivity index (χ1v) is 11.8. The van der Waals surface area contributed by atoms with Crippen molar-refractivity contribution in [3.63, 3.8) is 0 Å². The summed E-state index contributed by atoms with van der Waals surface area (Å²) in [5.74, 6) is 0.342. The second-order valence-corrected chi connectivity index (χ2v) is 9.42. The first kappa shape index (κ1) is 23.4. The number of rotatable bonds is 6. The van der Waals surface area contributed by atoms with E-state index in [1.807, 2.05) is 11.8 Å². The summed E-state index contributed by atoms with van der Waals surface area (Å²) in [6.45, 7) is 8.49. The van der Waals surface area contributed by atoms with Gasteiger partial charge in [-0.1, -0.05) is 12.8 Å². The number of carbonyl (C=O) groups excluding carboxylic acids is 2. The largest absolute Gasteiger partial charge is 0.449 e. The summed E-state index contributed by atoms with van der Waals surface area (Å²) in [5.41, 5.74) is 2.69. The minimum atomic E-state index is -0.383. The maximum atomic E-state index is 14.4. The van der Waals surface area contributed by atoms with Crippen molar-refractivity contribution >= 4 is 17.5 Å². The van der Waals surface area contributed by atoms with Crippen LogP contribution in [0, 0.1) is 25.6 Å². The van der Waals surface area contributed by atoms with E-state index in [2.05, 4.69) is 22.1 Å². The average Bonchev–Trinajstić information content (AvgIpc) is 3.43. The molecule has 2 aliphatic rings. The van der Waals surface area contributed by atoms with Crippen LogP contribution in [-0.4, -0.2) is 52.3 Å². The lowest BCUT2D eigenvalue weighted by Gasteiger charge is -2.41. The predicted octanol–water partition coefficient (Wildman–Crippen LogP) is 3.83. The van der Waals surface area contributed by atoms with E-state index in [-0.39, 0.29) is 30.1 Å². The number of aromatic nitrogens is 1. The highest BCUT2D eigenvalue weighted by Gasteiger charge is 2.33. The third-order valence-corrected chi connectivity index (χ3v) is 6.86. The van der Waals surface area contributed by atoms with Crippen molar-refractivity contribution < 1.29 is 18.4 Å². The number of nitrogens with zero attached hydrogens (tertiary/aromatic N) is 3. The van der Waals surface area contributed by atoms with E-state index in [4.69, 9.17) is 4.42 Å². The highest BCUT2D eigenvalue weighted by molar-refractivity contribution is 5.92. The van der Waals surface area contributed by atoms with Gasteiger partial charge in [-0.15, -0.1) is 0 Å². The van der Waals surface area contributed by atoms with Gasteiger partial charge in [0.2, 0.25) is 11.8 Å². The maximum absolute atomic E-state index is 14.4. The van der Waals surface area contributed by atoms with Gasteiger partial charge in [0.15, 0.2) is 5.89 Å². The highest BCUT2D eigenvalue weighted by atomic mass is 19.1. The van der Waals surface area contributed by atoms with Crippen molar-refractivity contribution in [3.05, 3.63) is 46.9 Å². The average molecular weight is 457 g/mol. The summed E-state index contributed by atoms with van der Waals surface area (Å²) in [6.07, 6.45) is 5.85. The van der Waals surface area contributed by atoms with E-state index in [9.17, 15) is 14.0 Å². The van der Waals surface area contributed by atoms with Crippen LogP contribution in [0.5, 0.6) is 0 Å². The Morgan fingerprint density at radius 1 is 1.21 bits per heavy atom. The van der Waals surface area contributed by atoms with Crippen LogP contribution >= 0.6 is 0 Å². The molecule has 0 bridgehead atoms. The number of amides is 2. The SMILES string of the molecule is Cc1nc(CC(=O)Nc2cc(F)cc(CN3CCN(C(=O)C4CCCC4)[C@@H](C)C3)c2C)co1. The topological polar surface area (TPSA) is 78.7 Å². The van der Waals surface area contributed by atoms with Crippen molar-refractivity contribution in [1.29, 1.82) is 0 Å². The number of aryl methyl sites for hydroxylation is 1. The van der Waals surface area contributed by atoms with Crippen LogP contribution in [0.25, 0.3) is 0 Å². The van der Waals surface area contributed by atoms with Gasteiger partial charge in [0.05, 0.1) is 12.1 Å². The molecule has 178 valence electrons. The molecule has 1 saturated heterocycles. The van der Waals surface area contributed by atoms with E-state index in [1.165, 1.54) is 18.4 Å². The molecule has 1 saturated carbocycles. The molecule has 1 atom stereocenters. The van der Waals surface area contributed by atoms with Crippen molar-refractivity contribution in [2.24, 2.45) is 5.92 Å². The van der Waals surface area contributed by atoms with Crippen LogP contribution in [0.3, 0.4) is 0 Å². The molecule has 7 nitrogen and oxygen atoms in total. The van der Waals surface area contributed by atoms with Gasteiger partial charge in [0.1, 0.15) is 12.1 Å². The fraction of sp³-hybridized carbons (Fsp3) is 0.560. The zero-order valence-corrected chi connectivity index (χ0v) is 19.7. The third-order valence-electron chi connectivity index (χ3n) is 6.86. The van der Waals surface area contributed by atoms with Gasteiger partial charge in [-0.3, -0.25) is 14.5 Å². The molecule has 1 aliphatic heterocycles.